The van der Waals surface area contributed by atoms with Gasteiger partial charge in [-0.25, -0.2) is 8.42 Å². The number of halogens is 1. The number of ether oxygens (including phenoxy) is 1. The molecule has 0 radical (unpaired) electrons. The summed E-state index contributed by atoms with van der Waals surface area (Å²) in [5.74, 6) is -1.28. The highest BCUT2D eigenvalue weighted by Gasteiger charge is 2.23. The first-order chi connectivity index (χ1) is 10.8. The van der Waals surface area contributed by atoms with Gasteiger partial charge in [0.15, 0.2) is 6.61 Å². The smallest absolute Gasteiger partial charge is 0.324 e. The molecule has 1 aromatic carbocycles. The lowest BCUT2D eigenvalue weighted by molar-refractivity contribution is -0.149. The largest absolute Gasteiger partial charge is 0.454 e. The zero-order valence-electron chi connectivity index (χ0n) is 12.8. The molecule has 1 amide bonds. The van der Waals surface area contributed by atoms with Gasteiger partial charge in [-0.3, -0.25) is 9.59 Å². The first kappa shape index (κ1) is 19.4. The summed E-state index contributed by atoms with van der Waals surface area (Å²) in [7, 11) is -3.88. The Morgan fingerprint density at radius 2 is 1.87 bits per heavy atom. The maximum Gasteiger partial charge on any atom is 0.324 e. The summed E-state index contributed by atoms with van der Waals surface area (Å²) in [6, 6.07) is 4.37. The molecule has 0 aliphatic carbocycles. The van der Waals surface area contributed by atoms with E-state index in [9.17, 15) is 18.0 Å². The Labute approximate surface area is 140 Å². The van der Waals surface area contributed by atoms with Crippen molar-refractivity contribution in [3.8, 4) is 0 Å². The minimum atomic E-state index is -3.88. The highest BCUT2D eigenvalue weighted by atomic mass is 35.5. The highest BCUT2D eigenvalue weighted by Crippen LogP contribution is 2.14. The fraction of sp³-hybridized carbons (Fsp3) is 0.429. The second-order valence-electron chi connectivity index (χ2n) is 4.75. The number of hydrogen-bond donors (Lipinski definition) is 2. The van der Waals surface area contributed by atoms with Crippen LogP contribution in [-0.4, -0.2) is 39.5 Å². The summed E-state index contributed by atoms with van der Waals surface area (Å²) in [6.45, 7) is 3.25. The van der Waals surface area contributed by atoms with Crippen LogP contribution in [0, 0.1) is 0 Å². The van der Waals surface area contributed by atoms with E-state index in [2.05, 4.69) is 10.0 Å². The van der Waals surface area contributed by atoms with E-state index < -0.39 is 34.5 Å². The van der Waals surface area contributed by atoms with E-state index in [1.54, 1.807) is 0 Å². The lowest BCUT2D eigenvalue weighted by atomic mass is 10.4. The third-order valence-corrected chi connectivity index (χ3v) is 4.54. The van der Waals surface area contributed by atoms with Crippen LogP contribution in [0.25, 0.3) is 0 Å². The van der Waals surface area contributed by atoms with Crippen LogP contribution in [0.1, 0.15) is 20.3 Å². The van der Waals surface area contributed by atoms with Crippen LogP contribution in [0.15, 0.2) is 29.2 Å². The van der Waals surface area contributed by atoms with Gasteiger partial charge < -0.3 is 10.1 Å². The van der Waals surface area contributed by atoms with Crippen LogP contribution < -0.4 is 10.0 Å². The van der Waals surface area contributed by atoms with Crippen LogP contribution in [-0.2, 0) is 24.3 Å². The summed E-state index contributed by atoms with van der Waals surface area (Å²) >= 11 is 5.70. The van der Waals surface area contributed by atoms with Crippen LogP contribution in [0.3, 0.4) is 0 Å². The predicted molar refractivity (Wildman–Crippen MR) is 85.5 cm³/mol. The Bertz CT molecular complexity index is 646. The molecule has 0 bridgehead atoms. The maximum atomic E-state index is 12.1. The fourth-order valence-electron chi connectivity index (χ4n) is 1.54. The number of hydrogen-bond acceptors (Lipinski definition) is 5. The van der Waals surface area contributed by atoms with Crippen molar-refractivity contribution in [2.75, 3.05) is 13.2 Å². The van der Waals surface area contributed by atoms with Crippen LogP contribution in [0.2, 0.25) is 5.02 Å². The predicted octanol–water partition coefficient (Wildman–Crippen LogP) is 1.08. The molecule has 128 valence electrons. The lowest BCUT2D eigenvalue weighted by Crippen LogP contribution is -2.41. The van der Waals surface area contributed by atoms with Gasteiger partial charge >= 0.3 is 5.97 Å². The summed E-state index contributed by atoms with van der Waals surface area (Å²) in [6.07, 6.45) is 0.761. The van der Waals surface area contributed by atoms with Crippen molar-refractivity contribution >= 4 is 33.5 Å². The second kappa shape index (κ2) is 8.85. The van der Waals surface area contributed by atoms with Crippen molar-refractivity contribution in [3.05, 3.63) is 29.3 Å². The van der Waals surface area contributed by atoms with Gasteiger partial charge in [-0.1, -0.05) is 18.5 Å². The van der Waals surface area contributed by atoms with E-state index in [0.29, 0.717) is 11.6 Å². The van der Waals surface area contributed by atoms with Crippen molar-refractivity contribution < 1.29 is 22.7 Å². The fourth-order valence-corrected chi connectivity index (χ4v) is 2.86. The van der Waals surface area contributed by atoms with Crippen LogP contribution in [0.4, 0.5) is 0 Å². The Balaban J connectivity index is 2.57. The summed E-state index contributed by atoms with van der Waals surface area (Å²) in [5, 5.41) is 2.94. The Morgan fingerprint density at radius 1 is 1.26 bits per heavy atom. The molecule has 0 heterocycles. The summed E-state index contributed by atoms with van der Waals surface area (Å²) < 4.78 is 31.1. The van der Waals surface area contributed by atoms with Gasteiger partial charge in [0, 0.05) is 11.6 Å². The van der Waals surface area contributed by atoms with Gasteiger partial charge in [-0.05, 0) is 37.6 Å². The van der Waals surface area contributed by atoms with E-state index in [1.165, 1.54) is 31.2 Å². The first-order valence-electron chi connectivity index (χ1n) is 6.97. The first-order valence-corrected chi connectivity index (χ1v) is 8.83. The van der Waals surface area contributed by atoms with Crippen molar-refractivity contribution in [1.29, 1.82) is 0 Å². The number of benzene rings is 1. The zero-order chi connectivity index (χ0) is 17.5. The molecule has 9 heteroatoms. The molecule has 0 aliphatic heterocycles. The van der Waals surface area contributed by atoms with Gasteiger partial charge in [0.2, 0.25) is 10.0 Å². The van der Waals surface area contributed by atoms with Crippen molar-refractivity contribution in [2.24, 2.45) is 0 Å². The van der Waals surface area contributed by atoms with Crippen molar-refractivity contribution in [1.82, 2.24) is 10.0 Å². The number of carbonyl (C=O) groups excluding carboxylic acids is 2. The molecule has 1 rings (SSSR count). The molecular weight excluding hydrogens is 344 g/mol. The Hall–Kier alpha value is -1.64. The number of esters is 1. The second-order valence-corrected chi connectivity index (χ2v) is 6.90. The summed E-state index contributed by atoms with van der Waals surface area (Å²) in [5.41, 5.74) is 0. The number of carbonyl (C=O) groups is 2. The molecule has 0 unspecified atom stereocenters. The minimum Gasteiger partial charge on any atom is -0.454 e. The van der Waals surface area contributed by atoms with Crippen LogP contribution >= 0.6 is 11.6 Å². The number of sulfonamides is 1. The van der Waals surface area contributed by atoms with E-state index in [-0.39, 0.29) is 4.90 Å². The molecule has 7 nitrogen and oxygen atoms in total. The molecular formula is C14H19ClN2O5S. The Morgan fingerprint density at radius 3 is 2.43 bits per heavy atom. The number of amides is 1. The van der Waals surface area contributed by atoms with Crippen molar-refractivity contribution in [2.45, 2.75) is 31.2 Å². The van der Waals surface area contributed by atoms with Gasteiger partial charge in [0.05, 0.1) is 4.90 Å². The zero-order valence-corrected chi connectivity index (χ0v) is 14.4. The molecule has 0 saturated carbocycles. The third-order valence-electron chi connectivity index (χ3n) is 2.73. The maximum absolute atomic E-state index is 12.1. The molecule has 1 aromatic rings. The van der Waals surface area contributed by atoms with Gasteiger partial charge in [0.1, 0.15) is 6.04 Å². The minimum absolute atomic E-state index is 0.0257. The van der Waals surface area contributed by atoms with E-state index >= 15 is 0 Å². The quantitative estimate of drug-likeness (QED) is 0.674. The topological polar surface area (TPSA) is 102 Å². The number of nitrogens with one attached hydrogen (secondary N) is 2. The molecule has 0 aliphatic rings. The monoisotopic (exact) mass is 362 g/mol. The molecule has 0 aromatic heterocycles. The normalized spacial score (nSPS) is 12.5. The molecule has 2 N–H and O–H groups in total. The molecule has 1 atom stereocenters. The van der Waals surface area contributed by atoms with Gasteiger partial charge in [-0.15, -0.1) is 0 Å². The number of rotatable bonds is 8. The Kier molecular flexibility index (Phi) is 7.47. The SMILES string of the molecule is CCCNC(=O)COC(=O)[C@H](C)NS(=O)(=O)c1ccc(Cl)cc1. The van der Waals surface area contributed by atoms with E-state index in [4.69, 9.17) is 16.3 Å². The molecule has 0 fully saturated rings. The average molecular weight is 363 g/mol. The third kappa shape index (κ3) is 6.55. The average Bonchev–Trinajstić information content (AvgIpc) is 2.50. The highest BCUT2D eigenvalue weighted by molar-refractivity contribution is 7.89. The van der Waals surface area contributed by atoms with Crippen LogP contribution in [0.5, 0.6) is 0 Å². The van der Waals surface area contributed by atoms with Gasteiger partial charge in [0.25, 0.3) is 5.91 Å². The summed E-state index contributed by atoms with van der Waals surface area (Å²) in [4.78, 5) is 23.0. The van der Waals surface area contributed by atoms with Gasteiger partial charge in [-0.2, -0.15) is 4.72 Å². The van der Waals surface area contributed by atoms with Crippen molar-refractivity contribution in [3.63, 3.8) is 0 Å². The van der Waals surface area contributed by atoms with E-state index in [0.717, 1.165) is 6.42 Å². The standard InChI is InChI=1S/C14H19ClN2O5S/c1-3-8-16-13(18)9-22-14(19)10(2)17-23(20,21)12-6-4-11(15)5-7-12/h4-7,10,17H,3,8-9H2,1-2H3,(H,16,18)/t10-/m0/s1. The molecule has 0 saturated heterocycles. The van der Waals surface area contributed by atoms with E-state index in [1.807, 2.05) is 6.92 Å². The molecule has 23 heavy (non-hydrogen) atoms. The lowest BCUT2D eigenvalue weighted by Gasteiger charge is -2.13. The molecule has 0 spiro atoms.